The van der Waals surface area contributed by atoms with Crippen LogP contribution in [0.25, 0.3) is 0 Å². The highest BCUT2D eigenvalue weighted by Gasteiger charge is 2.17. The van der Waals surface area contributed by atoms with Crippen LogP contribution in [0.1, 0.15) is 26.2 Å². The molecule has 1 aromatic carbocycles. The number of amides is 1. The quantitative estimate of drug-likeness (QED) is 0.774. The van der Waals surface area contributed by atoms with Gasteiger partial charge in [0.05, 0.1) is 18.8 Å². The fourth-order valence-electron chi connectivity index (χ4n) is 1.71. The molecule has 0 spiro atoms. The number of carbonyl (C=O) groups is 1. The van der Waals surface area contributed by atoms with Gasteiger partial charge in [-0.3, -0.25) is 4.79 Å². The maximum Gasteiger partial charge on any atom is 0.387 e. The molecule has 1 rings (SSSR count). The van der Waals surface area contributed by atoms with Gasteiger partial charge in [0.25, 0.3) is 0 Å². The molecule has 7 heteroatoms. The van der Waals surface area contributed by atoms with Crippen LogP contribution >= 0.6 is 0 Å². The van der Waals surface area contributed by atoms with Crippen molar-refractivity contribution in [1.82, 2.24) is 0 Å². The van der Waals surface area contributed by atoms with Crippen LogP contribution in [0.15, 0.2) is 18.2 Å². The van der Waals surface area contributed by atoms with Crippen LogP contribution < -0.4 is 20.5 Å². The van der Waals surface area contributed by atoms with Gasteiger partial charge < -0.3 is 20.5 Å². The van der Waals surface area contributed by atoms with Crippen LogP contribution in [-0.2, 0) is 4.79 Å². The largest absolute Gasteiger partial charge is 0.497 e. The average molecular weight is 302 g/mol. The number of methoxy groups -OCH3 is 1. The van der Waals surface area contributed by atoms with Crippen molar-refractivity contribution in [3.8, 4) is 11.5 Å². The maximum absolute atomic E-state index is 12.4. The monoisotopic (exact) mass is 302 g/mol. The van der Waals surface area contributed by atoms with Crippen molar-refractivity contribution in [2.24, 2.45) is 5.73 Å². The number of anilines is 1. The second-order valence-electron chi connectivity index (χ2n) is 4.48. The van der Waals surface area contributed by atoms with Gasteiger partial charge in [-0.15, -0.1) is 0 Å². The summed E-state index contributed by atoms with van der Waals surface area (Å²) in [6.07, 6.45) is 2.25. The van der Waals surface area contributed by atoms with E-state index < -0.39 is 18.6 Å². The minimum Gasteiger partial charge on any atom is -0.497 e. The Morgan fingerprint density at radius 2 is 2.14 bits per heavy atom. The molecule has 21 heavy (non-hydrogen) atoms. The van der Waals surface area contributed by atoms with E-state index in [1.54, 1.807) is 0 Å². The SMILES string of the molecule is CCCC[C@H](N)C(=O)Nc1cc(OC)ccc1OC(F)F. The number of benzene rings is 1. The predicted molar refractivity (Wildman–Crippen MR) is 75.8 cm³/mol. The molecule has 0 fully saturated rings. The summed E-state index contributed by atoms with van der Waals surface area (Å²) in [4.78, 5) is 11.9. The van der Waals surface area contributed by atoms with Crippen molar-refractivity contribution < 1.29 is 23.0 Å². The second kappa shape index (κ2) is 8.41. The van der Waals surface area contributed by atoms with Gasteiger partial charge in [-0.05, 0) is 18.6 Å². The molecule has 0 heterocycles. The number of halogens is 2. The lowest BCUT2D eigenvalue weighted by Gasteiger charge is -2.16. The molecule has 0 radical (unpaired) electrons. The van der Waals surface area contributed by atoms with Gasteiger partial charge in [0, 0.05) is 6.07 Å². The van der Waals surface area contributed by atoms with E-state index in [-0.39, 0.29) is 11.4 Å². The summed E-state index contributed by atoms with van der Waals surface area (Å²) in [5, 5.41) is 2.50. The first-order chi connectivity index (χ1) is 9.97. The van der Waals surface area contributed by atoms with Gasteiger partial charge >= 0.3 is 6.61 Å². The van der Waals surface area contributed by atoms with Crippen LogP contribution in [-0.4, -0.2) is 25.7 Å². The van der Waals surface area contributed by atoms with Gasteiger partial charge in [0.2, 0.25) is 5.91 Å². The van der Waals surface area contributed by atoms with Crippen LogP contribution in [0.2, 0.25) is 0 Å². The molecule has 5 nitrogen and oxygen atoms in total. The molecule has 0 aromatic heterocycles. The molecule has 1 amide bonds. The lowest BCUT2D eigenvalue weighted by atomic mass is 10.1. The molecule has 0 unspecified atom stereocenters. The Kier molecular flexibility index (Phi) is 6.87. The summed E-state index contributed by atoms with van der Waals surface area (Å²) in [5.41, 5.74) is 5.84. The molecular formula is C14H20F2N2O3. The standard InChI is InChI=1S/C14H20F2N2O3/c1-3-4-5-10(17)13(19)18-11-8-9(20-2)6-7-12(11)21-14(15)16/h6-8,10,14H,3-5,17H2,1-2H3,(H,18,19)/t10-/m0/s1. The number of nitrogens with two attached hydrogens (primary N) is 1. The number of carbonyl (C=O) groups excluding carboxylic acids is 1. The molecule has 1 atom stereocenters. The number of hydrogen-bond donors (Lipinski definition) is 2. The third-order valence-electron chi connectivity index (χ3n) is 2.87. The van der Waals surface area contributed by atoms with Crippen molar-refractivity contribution in [2.75, 3.05) is 12.4 Å². The van der Waals surface area contributed by atoms with Crippen LogP contribution in [0.5, 0.6) is 11.5 Å². The van der Waals surface area contributed by atoms with Crippen LogP contribution in [0.3, 0.4) is 0 Å². The van der Waals surface area contributed by atoms with Gasteiger partial charge in [-0.25, -0.2) is 0 Å². The van der Waals surface area contributed by atoms with E-state index in [2.05, 4.69) is 10.1 Å². The third-order valence-corrected chi connectivity index (χ3v) is 2.87. The highest BCUT2D eigenvalue weighted by molar-refractivity contribution is 5.96. The van der Waals surface area contributed by atoms with E-state index in [0.29, 0.717) is 12.2 Å². The van der Waals surface area contributed by atoms with Gasteiger partial charge in [-0.1, -0.05) is 19.8 Å². The molecule has 118 valence electrons. The summed E-state index contributed by atoms with van der Waals surface area (Å²) in [6.45, 7) is -0.996. The maximum atomic E-state index is 12.4. The second-order valence-corrected chi connectivity index (χ2v) is 4.48. The van der Waals surface area contributed by atoms with E-state index in [1.165, 1.54) is 25.3 Å². The third kappa shape index (κ3) is 5.55. The summed E-state index contributed by atoms with van der Waals surface area (Å²) in [5.74, 6) is -0.174. The zero-order valence-electron chi connectivity index (χ0n) is 12.1. The molecule has 0 saturated heterocycles. The van der Waals surface area contributed by atoms with Crippen molar-refractivity contribution in [1.29, 1.82) is 0 Å². The first kappa shape index (κ1) is 17.2. The zero-order chi connectivity index (χ0) is 15.8. The molecular weight excluding hydrogens is 282 g/mol. The molecule has 1 aromatic rings. The summed E-state index contributed by atoms with van der Waals surface area (Å²) in [6, 6.07) is 3.47. The number of hydrogen-bond acceptors (Lipinski definition) is 4. The van der Waals surface area contributed by atoms with Crippen molar-refractivity contribution in [3.05, 3.63) is 18.2 Å². The lowest BCUT2D eigenvalue weighted by molar-refractivity contribution is -0.117. The summed E-state index contributed by atoms with van der Waals surface area (Å²) in [7, 11) is 1.43. The molecule has 0 aliphatic carbocycles. The predicted octanol–water partition coefficient (Wildman–Crippen LogP) is 2.75. The van der Waals surface area contributed by atoms with Crippen molar-refractivity contribution >= 4 is 11.6 Å². The molecule has 0 saturated carbocycles. The Labute approximate surface area is 122 Å². The molecule has 0 bridgehead atoms. The normalized spacial score (nSPS) is 12.1. The van der Waals surface area contributed by atoms with E-state index in [9.17, 15) is 13.6 Å². The number of alkyl halides is 2. The average Bonchev–Trinajstić information content (AvgIpc) is 2.45. The fourth-order valence-corrected chi connectivity index (χ4v) is 1.71. The molecule has 3 N–H and O–H groups in total. The van der Waals surface area contributed by atoms with Gasteiger partial charge in [-0.2, -0.15) is 8.78 Å². The highest BCUT2D eigenvalue weighted by Crippen LogP contribution is 2.30. The fraction of sp³-hybridized carbons (Fsp3) is 0.500. The number of rotatable bonds is 8. The van der Waals surface area contributed by atoms with Gasteiger partial charge in [0.1, 0.15) is 11.5 Å². The Hall–Kier alpha value is -1.89. The molecule has 0 aliphatic rings. The van der Waals surface area contributed by atoms with Crippen molar-refractivity contribution in [2.45, 2.75) is 38.8 Å². The van der Waals surface area contributed by atoms with Crippen molar-refractivity contribution in [3.63, 3.8) is 0 Å². The topological polar surface area (TPSA) is 73.6 Å². The minimum absolute atomic E-state index is 0.103. The highest BCUT2D eigenvalue weighted by atomic mass is 19.3. The number of nitrogens with one attached hydrogen (secondary N) is 1. The van der Waals surface area contributed by atoms with Crippen LogP contribution in [0, 0.1) is 0 Å². The summed E-state index contributed by atoms with van der Waals surface area (Å²) >= 11 is 0. The first-order valence-corrected chi connectivity index (χ1v) is 6.67. The first-order valence-electron chi connectivity index (χ1n) is 6.67. The van der Waals surface area contributed by atoms with E-state index in [1.807, 2.05) is 6.92 Å². The lowest BCUT2D eigenvalue weighted by Crippen LogP contribution is -2.35. The Morgan fingerprint density at radius 3 is 2.71 bits per heavy atom. The smallest absolute Gasteiger partial charge is 0.387 e. The van der Waals surface area contributed by atoms with Crippen LogP contribution in [0.4, 0.5) is 14.5 Å². The summed E-state index contributed by atoms with van der Waals surface area (Å²) < 4.78 is 34.1. The zero-order valence-corrected chi connectivity index (χ0v) is 12.1. The van der Waals surface area contributed by atoms with E-state index in [4.69, 9.17) is 10.5 Å². The number of unbranched alkanes of at least 4 members (excludes halogenated alkanes) is 1. The van der Waals surface area contributed by atoms with E-state index >= 15 is 0 Å². The number of ether oxygens (including phenoxy) is 2. The van der Waals surface area contributed by atoms with E-state index in [0.717, 1.165) is 12.8 Å². The Morgan fingerprint density at radius 1 is 1.43 bits per heavy atom. The molecule has 0 aliphatic heterocycles. The Bertz CT molecular complexity index is 470. The minimum atomic E-state index is -2.98. The Balaban J connectivity index is 2.85. The van der Waals surface area contributed by atoms with Gasteiger partial charge in [0.15, 0.2) is 0 Å².